The molecule has 1 heterocycles. The number of aromatic nitrogens is 1. The van der Waals surface area contributed by atoms with Gasteiger partial charge in [0.25, 0.3) is 0 Å². The van der Waals surface area contributed by atoms with Crippen molar-refractivity contribution in [1.82, 2.24) is 10.3 Å². The first-order valence-corrected chi connectivity index (χ1v) is 6.59. The molecule has 2 nitrogen and oxygen atoms in total. The molecule has 17 heavy (non-hydrogen) atoms. The molecular formula is C14H23ClN2. The van der Waals surface area contributed by atoms with E-state index >= 15 is 0 Å². The van der Waals surface area contributed by atoms with Crippen LogP contribution in [0.25, 0.3) is 0 Å². The average molecular weight is 255 g/mol. The first-order valence-electron chi connectivity index (χ1n) is 6.22. The third-order valence-electron chi connectivity index (χ3n) is 2.74. The molecule has 0 fully saturated rings. The lowest BCUT2D eigenvalue weighted by molar-refractivity contribution is 0.372. The van der Waals surface area contributed by atoms with Gasteiger partial charge in [0.05, 0.1) is 5.02 Å². The number of halogens is 1. The van der Waals surface area contributed by atoms with Crippen molar-refractivity contribution < 1.29 is 0 Å². The Balaban J connectivity index is 2.34. The molecule has 0 spiro atoms. The molecule has 0 radical (unpaired) electrons. The molecule has 0 bridgehead atoms. The monoisotopic (exact) mass is 254 g/mol. The summed E-state index contributed by atoms with van der Waals surface area (Å²) in [6, 6.07) is 2.01. The van der Waals surface area contributed by atoms with E-state index in [9.17, 15) is 0 Å². The van der Waals surface area contributed by atoms with E-state index in [1.165, 1.54) is 5.56 Å². The van der Waals surface area contributed by atoms with Crippen LogP contribution in [-0.4, -0.2) is 17.1 Å². The first kappa shape index (κ1) is 14.5. The summed E-state index contributed by atoms with van der Waals surface area (Å²) in [5, 5.41) is 4.31. The normalized spacial score (nSPS) is 13.7. The molecule has 1 N–H and O–H groups in total. The number of nitrogens with one attached hydrogen (secondary N) is 1. The van der Waals surface area contributed by atoms with Gasteiger partial charge in [-0.3, -0.25) is 4.98 Å². The molecule has 1 unspecified atom stereocenters. The van der Waals surface area contributed by atoms with Gasteiger partial charge in [0.2, 0.25) is 0 Å². The summed E-state index contributed by atoms with van der Waals surface area (Å²) in [5.41, 5.74) is 1.40. The zero-order valence-corrected chi connectivity index (χ0v) is 12.0. The molecule has 0 aliphatic heterocycles. The molecule has 0 aliphatic rings. The van der Waals surface area contributed by atoms with Gasteiger partial charge in [0.1, 0.15) is 0 Å². The molecule has 0 saturated heterocycles. The van der Waals surface area contributed by atoms with Gasteiger partial charge in [-0.15, -0.1) is 0 Å². The Morgan fingerprint density at radius 3 is 2.71 bits per heavy atom. The average Bonchev–Trinajstić information content (AvgIpc) is 2.24. The second-order valence-electron chi connectivity index (χ2n) is 5.74. The van der Waals surface area contributed by atoms with Crippen LogP contribution in [0.2, 0.25) is 5.02 Å². The number of rotatable bonds is 5. The van der Waals surface area contributed by atoms with Crippen molar-refractivity contribution in [3.05, 3.63) is 29.0 Å². The van der Waals surface area contributed by atoms with E-state index in [0.717, 1.165) is 24.4 Å². The smallest absolute Gasteiger partial charge is 0.0621 e. The van der Waals surface area contributed by atoms with Crippen molar-refractivity contribution in [2.75, 3.05) is 6.54 Å². The van der Waals surface area contributed by atoms with Crippen LogP contribution in [0, 0.1) is 5.92 Å². The Hall–Kier alpha value is -0.600. The highest BCUT2D eigenvalue weighted by molar-refractivity contribution is 6.31. The molecule has 0 amide bonds. The predicted molar refractivity (Wildman–Crippen MR) is 74.5 cm³/mol. The molecule has 0 saturated carbocycles. The van der Waals surface area contributed by atoms with Crippen LogP contribution in [0.15, 0.2) is 18.5 Å². The fourth-order valence-corrected chi connectivity index (χ4v) is 1.80. The van der Waals surface area contributed by atoms with Crippen LogP contribution in [0.4, 0.5) is 0 Å². The molecular weight excluding hydrogens is 232 g/mol. The molecule has 1 aromatic heterocycles. The molecule has 1 rings (SSSR count). The zero-order valence-electron chi connectivity index (χ0n) is 11.3. The second-order valence-corrected chi connectivity index (χ2v) is 6.15. The highest BCUT2D eigenvalue weighted by Gasteiger charge is 2.11. The Kier molecular flexibility index (Phi) is 5.41. The summed E-state index contributed by atoms with van der Waals surface area (Å²) in [5.74, 6) is 0.651. The predicted octanol–water partition coefficient (Wildman–Crippen LogP) is 3.69. The number of pyridine rings is 1. The summed E-state index contributed by atoms with van der Waals surface area (Å²) >= 11 is 6.08. The minimum absolute atomic E-state index is 0.197. The zero-order chi connectivity index (χ0) is 12.9. The summed E-state index contributed by atoms with van der Waals surface area (Å²) in [7, 11) is 0. The third kappa shape index (κ3) is 6.04. The van der Waals surface area contributed by atoms with E-state index in [1.807, 2.05) is 6.07 Å². The Morgan fingerprint density at radius 2 is 2.12 bits per heavy atom. The van der Waals surface area contributed by atoms with Crippen LogP contribution in [0.1, 0.15) is 39.7 Å². The maximum absolute atomic E-state index is 6.08. The van der Waals surface area contributed by atoms with E-state index in [0.29, 0.717) is 5.92 Å². The van der Waals surface area contributed by atoms with Crippen molar-refractivity contribution in [3.63, 3.8) is 0 Å². The maximum Gasteiger partial charge on any atom is 0.0621 e. The van der Waals surface area contributed by atoms with Crippen LogP contribution in [-0.2, 0) is 6.42 Å². The number of hydrogen-bond donors (Lipinski definition) is 1. The second kappa shape index (κ2) is 6.36. The topological polar surface area (TPSA) is 24.9 Å². The van der Waals surface area contributed by atoms with Crippen LogP contribution < -0.4 is 5.32 Å². The third-order valence-corrected chi connectivity index (χ3v) is 3.08. The fraction of sp³-hybridized carbons (Fsp3) is 0.643. The lowest BCUT2D eigenvalue weighted by Gasteiger charge is -2.23. The highest BCUT2D eigenvalue weighted by atomic mass is 35.5. The molecule has 0 aromatic carbocycles. The fourth-order valence-electron chi connectivity index (χ4n) is 1.59. The molecule has 0 aliphatic carbocycles. The van der Waals surface area contributed by atoms with E-state index in [-0.39, 0.29) is 5.54 Å². The van der Waals surface area contributed by atoms with Crippen molar-refractivity contribution >= 4 is 11.6 Å². The quantitative estimate of drug-likeness (QED) is 0.867. The first-order chi connectivity index (χ1) is 7.88. The molecule has 96 valence electrons. The molecule has 1 aromatic rings. The van der Waals surface area contributed by atoms with Crippen LogP contribution in [0.5, 0.6) is 0 Å². The minimum Gasteiger partial charge on any atom is -0.312 e. The van der Waals surface area contributed by atoms with Gasteiger partial charge < -0.3 is 5.32 Å². The van der Waals surface area contributed by atoms with E-state index in [4.69, 9.17) is 11.6 Å². The molecule has 3 heteroatoms. The van der Waals surface area contributed by atoms with Crippen molar-refractivity contribution in [2.24, 2.45) is 5.92 Å². The van der Waals surface area contributed by atoms with Gasteiger partial charge in [0, 0.05) is 17.9 Å². The van der Waals surface area contributed by atoms with Crippen LogP contribution >= 0.6 is 11.6 Å². The van der Waals surface area contributed by atoms with E-state index in [1.54, 1.807) is 12.4 Å². The SMILES string of the molecule is CC(CCc1ccncc1Cl)CNC(C)(C)C. The maximum atomic E-state index is 6.08. The van der Waals surface area contributed by atoms with Gasteiger partial charge in [-0.2, -0.15) is 0 Å². The number of aryl methyl sites for hydroxylation is 1. The number of nitrogens with zero attached hydrogens (tertiary/aromatic N) is 1. The van der Waals surface area contributed by atoms with E-state index in [2.05, 4.69) is 38.0 Å². The highest BCUT2D eigenvalue weighted by Crippen LogP contribution is 2.17. The number of hydrogen-bond acceptors (Lipinski definition) is 2. The van der Waals surface area contributed by atoms with Gasteiger partial charge >= 0.3 is 0 Å². The van der Waals surface area contributed by atoms with E-state index < -0.39 is 0 Å². The van der Waals surface area contributed by atoms with Crippen molar-refractivity contribution in [3.8, 4) is 0 Å². The van der Waals surface area contributed by atoms with Crippen LogP contribution in [0.3, 0.4) is 0 Å². The summed E-state index contributed by atoms with van der Waals surface area (Å²) in [6.45, 7) is 9.90. The Bertz CT molecular complexity index is 344. The van der Waals surface area contributed by atoms with Crippen molar-refractivity contribution in [1.29, 1.82) is 0 Å². The lowest BCUT2D eigenvalue weighted by atomic mass is 10.00. The standard InChI is InChI=1S/C14H23ClN2/c1-11(9-17-14(2,3)4)5-6-12-7-8-16-10-13(12)15/h7-8,10-11,17H,5-6,9H2,1-4H3. The van der Waals surface area contributed by atoms with Gasteiger partial charge in [-0.1, -0.05) is 18.5 Å². The summed E-state index contributed by atoms with van der Waals surface area (Å²) in [4.78, 5) is 4.00. The van der Waals surface area contributed by atoms with Gasteiger partial charge in [0.15, 0.2) is 0 Å². The Labute approximate surface area is 110 Å². The largest absolute Gasteiger partial charge is 0.312 e. The molecule has 1 atom stereocenters. The summed E-state index contributed by atoms with van der Waals surface area (Å²) in [6.07, 6.45) is 5.69. The summed E-state index contributed by atoms with van der Waals surface area (Å²) < 4.78 is 0. The van der Waals surface area contributed by atoms with Gasteiger partial charge in [-0.25, -0.2) is 0 Å². The minimum atomic E-state index is 0.197. The Morgan fingerprint density at radius 1 is 1.41 bits per heavy atom. The van der Waals surface area contributed by atoms with Crippen molar-refractivity contribution in [2.45, 2.75) is 46.1 Å². The van der Waals surface area contributed by atoms with Gasteiger partial charge in [-0.05, 0) is 57.7 Å². The lowest BCUT2D eigenvalue weighted by Crippen LogP contribution is -2.38.